The molecule has 2 aliphatic carbocycles. The summed E-state index contributed by atoms with van der Waals surface area (Å²) >= 11 is 0. The maximum Gasteiger partial charge on any atom is 0.425 e. The summed E-state index contributed by atoms with van der Waals surface area (Å²) in [5, 5.41) is 12.7. The smallest absolute Gasteiger partial charge is 0.425 e. The van der Waals surface area contributed by atoms with Crippen molar-refractivity contribution >= 4 is 63.7 Å². The van der Waals surface area contributed by atoms with Gasteiger partial charge in [0.1, 0.15) is 34.1 Å². The zero-order valence-corrected chi connectivity index (χ0v) is 48.8. The largest absolute Gasteiger partial charge is 0.467 e. The van der Waals surface area contributed by atoms with Gasteiger partial charge in [0.25, 0.3) is 0 Å². The van der Waals surface area contributed by atoms with Crippen LogP contribution in [0.25, 0.3) is 22.3 Å². The van der Waals surface area contributed by atoms with E-state index in [1.807, 2.05) is 41.3 Å². The van der Waals surface area contributed by atoms with E-state index in [2.05, 4.69) is 47.0 Å². The molecule has 2 atom stereocenters. The predicted octanol–water partition coefficient (Wildman–Crippen LogP) is 10.9. The molecule has 1 N–H and O–H groups in total. The number of carbonyl (C=O) groups is 4. The number of aromatic nitrogens is 4. The molecular weight excluding hydrogens is 1060 g/mol. The van der Waals surface area contributed by atoms with Crippen LogP contribution in [0.4, 0.5) is 51.7 Å². The molecule has 12 rings (SSSR count). The van der Waals surface area contributed by atoms with E-state index in [-0.39, 0.29) is 48.3 Å². The highest BCUT2D eigenvalue weighted by Gasteiger charge is 2.49. The van der Waals surface area contributed by atoms with Gasteiger partial charge in [0.15, 0.2) is 12.6 Å². The van der Waals surface area contributed by atoms with Crippen molar-refractivity contribution < 1.29 is 46.9 Å². The molecule has 2 aromatic carbocycles. The van der Waals surface area contributed by atoms with Crippen molar-refractivity contribution in [1.29, 1.82) is 0 Å². The molecule has 5 aliphatic heterocycles. The number of ether oxygens (including phenoxy) is 4. The number of benzene rings is 2. The Labute approximate surface area is 483 Å². The van der Waals surface area contributed by atoms with Crippen molar-refractivity contribution in [2.75, 3.05) is 90.8 Å². The molecule has 5 saturated heterocycles. The summed E-state index contributed by atoms with van der Waals surface area (Å²) in [5.41, 5.74) is 2.79. The summed E-state index contributed by atoms with van der Waals surface area (Å²) in [5.74, 6) is 0.375. The minimum atomic E-state index is -1.38. The first-order valence-corrected chi connectivity index (χ1v) is 29.6. The minimum absolute atomic E-state index is 0.00214. The molecule has 7 fully saturated rings. The average molecular weight is 1140 g/mol. The fraction of sp³-hybridized carbons (Fsp3) is 0.565. The Bertz CT molecular complexity index is 3260. The summed E-state index contributed by atoms with van der Waals surface area (Å²) in [6, 6.07) is 16.4. The van der Waals surface area contributed by atoms with E-state index in [0.717, 1.165) is 86.1 Å². The van der Waals surface area contributed by atoms with Gasteiger partial charge < -0.3 is 43.1 Å². The van der Waals surface area contributed by atoms with Crippen molar-refractivity contribution in [2.24, 2.45) is 5.41 Å². The van der Waals surface area contributed by atoms with Gasteiger partial charge in [-0.3, -0.25) is 15.0 Å². The van der Waals surface area contributed by atoms with E-state index in [9.17, 15) is 19.2 Å². The first-order chi connectivity index (χ1) is 39.6. The zero-order valence-electron chi connectivity index (χ0n) is 48.8. The first-order valence-electron chi connectivity index (χ1n) is 29.6. The number of carbonyl (C=O) groups excluding carboxylic acids is 4. The summed E-state index contributed by atoms with van der Waals surface area (Å²) in [7, 11) is 1.54. The van der Waals surface area contributed by atoms with Crippen molar-refractivity contribution in [1.82, 2.24) is 30.0 Å². The first kappa shape index (κ1) is 56.4. The van der Waals surface area contributed by atoms with Crippen LogP contribution in [-0.4, -0.2) is 144 Å². The number of piperazine rings is 1. The summed E-state index contributed by atoms with van der Waals surface area (Å²) in [4.78, 5) is 68.9. The highest BCUT2D eigenvalue weighted by molar-refractivity contribution is 6.11. The number of halogens is 2. The second-order valence-corrected chi connectivity index (χ2v) is 26.2. The number of likely N-dealkylation sites (tertiary alicyclic amines) is 1. The molecule has 21 heteroatoms. The molecule has 0 radical (unpaired) electrons. The number of para-hydroxylation sites is 1. The van der Waals surface area contributed by atoms with Gasteiger partial charge in [0, 0.05) is 107 Å². The number of hydrogen-bond donors (Lipinski definition) is 1. The third kappa shape index (κ3) is 11.6. The Morgan fingerprint density at radius 1 is 0.783 bits per heavy atom. The minimum Gasteiger partial charge on any atom is -0.467 e. The van der Waals surface area contributed by atoms with Crippen LogP contribution in [0.15, 0.2) is 67.0 Å². The van der Waals surface area contributed by atoms with Crippen LogP contribution in [0.2, 0.25) is 0 Å². The predicted molar refractivity (Wildman–Crippen MR) is 312 cm³/mol. The molecular formula is C62H77F2N11O8. The number of nitrogens with zero attached hydrogens (tertiary/aromatic N) is 10. The number of anilines is 5. The number of fused-ring (bicyclic) bond motifs is 3. The Morgan fingerprint density at radius 3 is 2.12 bits per heavy atom. The normalized spacial score (nSPS) is 22.0. The van der Waals surface area contributed by atoms with Crippen LogP contribution in [0, 0.1) is 11.2 Å². The maximum absolute atomic E-state index is 17.0. The van der Waals surface area contributed by atoms with E-state index in [1.54, 1.807) is 58.7 Å². The lowest BCUT2D eigenvalue weighted by Gasteiger charge is -2.53. The lowest BCUT2D eigenvalue weighted by Crippen LogP contribution is -2.55. The number of methoxy groups -OCH3 is 1. The van der Waals surface area contributed by atoms with Crippen LogP contribution >= 0.6 is 0 Å². The number of nitrogens with one attached hydrogen (secondary N) is 1. The maximum atomic E-state index is 17.0. The Hall–Kier alpha value is -7.13. The number of imide groups is 2. The second-order valence-electron chi connectivity index (χ2n) is 26.2. The zero-order chi connectivity index (χ0) is 58.2. The Balaban J connectivity index is 0.702. The molecule has 19 nitrogen and oxygen atoms in total. The second kappa shape index (κ2) is 21.8. The fourth-order valence-corrected chi connectivity index (χ4v) is 13.7. The topological polar surface area (TPSA) is 180 Å². The quantitative estimate of drug-likeness (QED) is 0.110. The number of alkyl halides is 1. The molecule has 83 heavy (non-hydrogen) atoms. The molecule has 5 amide bonds. The highest BCUT2D eigenvalue weighted by Crippen LogP contribution is 2.57. The molecule has 3 aromatic heterocycles. The van der Waals surface area contributed by atoms with E-state index in [1.165, 1.54) is 18.7 Å². The molecule has 2 bridgehead atoms. The molecule has 7 aliphatic rings. The van der Waals surface area contributed by atoms with E-state index < -0.39 is 35.1 Å². The van der Waals surface area contributed by atoms with E-state index in [4.69, 9.17) is 23.9 Å². The summed E-state index contributed by atoms with van der Waals surface area (Å²) in [6.45, 7) is 14.5. The molecule has 1 spiro atoms. The van der Waals surface area contributed by atoms with Crippen LogP contribution in [0.5, 0.6) is 5.75 Å². The number of urea groups is 1. The van der Waals surface area contributed by atoms with Crippen molar-refractivity contribution in [3.8, 4) is 17.0 Å². The van der Waals surface area contributed by atoms with Gasteiger partial charge in [-0.2, -0.15) is 4.90 Å². The third-order valence-electron chi connectivity index (χ3n) is 17.9. The van der Waals surface area contributed by atoms with Crippen LogP contribution in [-0.2, 0) is 19.0 Å². The number of amides is 5. The fourth-order valence-electron chi connectivity index (χ4n) is 13.7. The number of piperidine rings is 2. The van der Waals surface area contributed by atoms with Crippen molar-refractivity contribution in [2.45, 2.75) is 153 Å². The number of hydrogen-bond acceptors (Lipinski definition) is 15. The van der Waals surface area contributed by atoms with Gasteiger partial charge in [-0.25, -0.2) is 28.1 Å². The van der Waals surface area contributed by atoms with Gasteiger partial charge >= 0.3 is 18.2 Å². The SMILES string of the molecule is COCOc1ccccc1-c1cc(N2CC3CCC(C2)N3c2ccc(F)c(N3CCC(F)(CN4CCC5(CC4)CC(n4cc(C6CC6)c6cc(N7CCC(=O)NC7=O)cnc64)C5)CC3)c2)c(N(C(=O)OC(C)(C)C)C(=O)OC(C)(C)C)nn1. The highest BCUT2D eigenvalue weighted by atomic mass is 19.1. The monoisotopic (exact) mass is 1140 g/mol. The molecule has 2 unspecified atom stereocenters. The lowest BCUT2D eigenvalue weighted by atomic mass is 9.60. The lowest BCUT2D eigenvalue weighted by molar-refractivity contribution is -0.120. The van der Waals surface area contributed by atoms with E-state index in [0.29, 0.717) is 98.1 Å². The van der Waals surface area contributed by atoms with Gasteiger partial charge in [0.2, 0.25) is 5.91 Å². The average Bonchev–Trinajstić information content (AvgIpc) is 4.09. The van der Waals surface area contributed by atoms with Crippen molar-refractivity contribution in [3.05, 3.63) is 78.4 Å². The molecule has 5 aromatic rings. The van der Waals surface area contributed by atoms with Gasteiger partial charge in [-0.1, -0.05) is 12.1 Å². The Morgan fingerprint density at radius 2 is 1.47 bits per heavy atom. The van der Waals surface area contributed by atoms with Gasteiger partial charge in [-0.05, 0) is 165 Å². The van der Waals surface area contributed by atoms with Crippen LogP contribution < -0.4 is 34.6 Å². The third-order valence-corrected chi connectivity index (χ3v) is 17.9. The number of pyridine rings is 1. The standard InChI is InChI=1S/C62H77F2N11O8/c1-59(2,3)82-57(78)75(58(79)83-60(4,5)6)55-51(30-49(67-68-55)45-10-8-9-11-52(45)81-38-80-7)71-34-41-14-15-42(35-71)74(41)40-16-17-48(63)50(29-40)70-26-21-62(64,22-27-70)37-69-24-19-61(20-25-69)31-44(32-61)73-36-47(39-12-13-39)46-28-43(33-65-54(46)73)72-23-18-53(76)66-56(72)77/h8-11,16-17,28-30,33,36,39,41-42,44H,12-15,18-27,31-32,34-35,37-38H2,1-7H3,(H,66,76,77). The molecule has 8 heterocycles. The van der Waals surface area contributed by atoms with Crippen molar-refractivity contribution in [3.63, 3.8) is 0 Å². The molecule has 442 valence electrons. The van der Waals surface area contributed by atoms with E-state index >= 15 is 8.78 Å². The number of rotatable bonds is 13. The summed E-state index contributed by atoms with van der Waals surface area (Å²) in [6.07, 6.45) is 11.2. The summed E-state index contributed by atoms with van der Waals surface area (Å²) < 4.78 is 58.2. The van der Waals surface area contributed by atoms with Gasteiger partial charge in [-0.15, -0.1) is 10.2 Å². The van der Waals surface area contributed by atoms with Crippen LogP contribution in [0.3, 0.4) is 0 Å². The van der Waals surface area contributed by atoms with Crippen LogP contribution in [0.1, 0.15) is 130 Å². The molecule has 2 saturated carbocycles. The Kier molecular flexibility index (Phi) is 14.8. The van der Waals surface area contributed by atoms with Gasteiger partial charge in [0.05, 0.1) is 29.0 Å².